The second kappa shape index (κ2) is 3.44. The Hall–Kier alpha value is -1.23. The second-order valence-electron chi connectivity index (χ2n) is 2.76. The van der Waals surface area contributed by atoms with E-state index >= 15 is 0 Å². The molecule has 1 aliphatic carbocycles. The molecule has 1 unspecified atom stereocenters. The molecule has 5 nitrogen and oxygen atoms in total. The number of nitro groups is 1. The molecule has 0 bridgehead atoms. The SMILES string of the molecule is O=CC1C[C@@H]([N+](=O)[O-])C=C[C@H]1O. The Kier molecular flexibility index (Phi) is 2.54. The zero-order valence-corrected chi connectivity index (χ0v) is 6.29. The Labute approximate surface area is 68.8 Å². The summed E-state index contributed by atoms with van der Waals surface area (Å²) in [6.45, 7) is 0. The standard InChI is InChI=1S/C7H9NO4/c9-4-5-3-6(8(11)12)1-2-7(5)10/h1-2,4-7,10H,3H2/t5?,6-,7+/m0/s1. The highest BCUT2D eigenvalue weighted by molar-refractivity contribution is 5.55. The van der Waals surface area contributed by atoms with Crippen LogP contribution in [0, 0.1) is 16.0 Å². The molecular weight excluding hydrogens is 162 g/mol. The van der Waals surface area contributed by atoms with Crippen LogP contribution in [0.3, 0.4) is 0 Å². The highest BCUT2D eigenvalue weighted by Gasteiger charge is 2.30. The molecule has 0 aromatic heterocycles. The Balaban J connectivity index is 2.70. The predicted molar refractivity (Wildman–Crippen MR) is 40.1 cm³/mol. The molecule has 0 saturated carbocycles. The third-order valence-electron chi connectivity index (χ3n) is 1.93. The van der Waals surface area contributed by atoms with Gasteiger partial charge in [-0.05, 0) is 6.08 Å². The number of aliphatic hydroxyl groups excluding tert-OH is 1. The molecule has 66 valence electrons. The van der Waals surface area contributed by atoms with Crippen LogP contribution in [-0.2, 0) is 4.79 Å². The summed E-state index contributed by atoms with van der Waals surface area (Å²) in [5.74, 6) is -0.634. The van der Waals surface area contributed by atoms with Gasteiger partial charge in [0.25, 0.3) is 0 Å². The van der Waals surface area contributed by atoms with Gasteiger partial charge in [0.05, 0.1) is 12.0 Å². The average molecular weight is 171 g/mol. The maximum Gasteiger partial charge on any atom is 0.232 e. The van der Waals surface area contributed by atoms with Crippen LogP contribution in [0.25, 0.3) is 0 Å². The smallest absolute Gasteiger partial charge is 0.232 e. The van der Waals surface area contributed by atoms with E-state index in [0.29, 0.717) is 6.29 Å². The van der Waals surface area contributed by atoms with Gasteiger partial charge in [-0.25, -0.2) is 0 Å². The summed E-state index contributed by atoms with van der Waals surface area (Å²) >= 11 is 0. The van der Waals surface area contributed by atoms with Gasteiger partial charge in [0.2, 0.25) is 6.04 Å². The summed E-state index contributed by atoms with van der Waals surface area (Å²) in [4.78, 5) is 20.1. The summed E-state index contributed by atoms with van der Waals surface area (Å²) in [5, 5.41) is 19.4. The van der Waals surface area contributed by atoms with Crippen LogP contribution >= 0.6 is 0 Å². The Morgan fingerprint density at radius 3 is 2.75 bits per heavy atom. The Morgan fingerprint density at radius 2 is 2.25 bits per heavy atom. The van der Waals surface area contributed by atoms with E-state index in [-0.39, 0.29) is 6.42 Å². The van der Waals surface area contributed by atoms with E-state index in [1.165, 1.54) is 12.2 Å². The molecule has 0 radical (unpaired) electrons. The minimum Gasteiger partial charge on any atom is -0.388 e. The number of carbonyl (C=O) groups excluding carboxylic acids is 1. The molecule has 0 heterocycles. The third kappa shape index (κ3) is 1.68. The van der Waals surface area contributed by atoms with Gasteiger partial charge in [0.1, 0.15) is 6.29 Å². The van der Waals surface area contributed by atoms with Gasteiger partial charge >= 0.3 is 0 Å². The number of aliphatic hydroxyl groups is 1. The molecule has 1 rings (SSSR count). The number of hydrogen-bond donors (Lipinski definition) is 1. The highest BCUT2D eigenvalue weighted by Crippen LogP contribution is 2.18. The van der Waals surface area contributed by atoms with E-state index in [0.717, 1.165) is 0 Å². The van der Waals surface area contributed by atoms with Crippen LogP contribution in [0.2, 0.25) is 0 Å². The fraction of sp³-hybridized carbons (Fsp3) is 0.571. The van der Waals surface area contributed by atoms with Crippen molar-refractivity contribution in [2.24, 2.45) is 5.92 Å². The van der Waals surface area contributed by atoms with Gasteiger partial charge in [-0.3, -0.25) is 10.1 Å². The normalized spacial score (nSPS) is 34.6. The molecule has 0 spiro atoms. The molecule has 3 atom stereocenters. The number of nitrogens with zero attached hydrogens (tertiary/aromatic N) is 1. The van der Waals surface area contributed by atoms with Crippen LogP contribution in [0.5, 0.6) is 0 Å². The Morgan fingerprint density at radius 1 is 1.58 bits per heavy atom. The number of hydrogen-bond acceptors (Lipinski definition) is 4. The van der Waals surface area contributed by atoms with Gasteiger partial charge in [0.15, 0.2) is 0 Å². The summed E-state index contributed by atoms with van der Waals surface area (Å²) < 4.78 is 0. The fourth-order valence-corrected chi connectivity index (χ4v) is 1.17. The lowest BCUT2D eigenvalue weighted by atomic mass is 9.90. The first-order valence-corrected chi connectivity index (χ1v) is 3.60. The van der Waals surface area contributed by atoms with Crippen molar-refractivity contribution in [3.8, 4) is 0 Å². The number of aldehydes is 1. The molecule has 0 aromatic rings. The first-order valence-electron chi connectivity index (χ1n) is 3.60. The summed E-state index contributed by atoms with van der Waals surface area (Å²) in [7, 11) is 0. The quantitative estimate of drug-likeness (QED) is 0.269. The molecule has 5 heteroatoms. The third-order valence-corrected chi connectivity index (χ3v) is 1.93. The lowest BCUT2D eigenvalue weighted by Crippen LogP contribution is -2.32. The van der Waals surface area contributed by atoms with Crippen molar-refractivity contribution in [1.82, 2.24) is 0 Å². The fourth-order valence-electron chi connectivity index (χ4n) is 1.17. The van der Waals surface area contributed by atoms with Crippen LogP contribution in [0.1, 0.15) is 6.42 Å². The zero-order valence-electron chi connectivity index (χ0n) is 6.29. The van der Waals surface area contributed by atoms with Crippen molar-refractivity contribution in [3.05, 3.63) is 22.3 Å². The van der Waals surface area contributed by atoms with Gasteiger partial charge in [0, 0.05) is 11.3 Å². The summed E-state index contributed by atoms with van der Waals surface area (Å²) in [5.41, 5.74) is 0. The second-order valence-corrected chi connectivity index (χ2v) is 2.76. The van der Waals surface area contributed by atoms with E-state index in [9.17, 15) is 14.9 Å². The van der Waals surface area contributed by atoms with Crippen molar-refractivity contribution in [2.45, 2.75) is 18.6 Å². The van der Waals surface area contributed by atoms with Crippen molar-refractivity contribution >= 4 is 6.29 Å². The predicted octanol–water partition coefficient (Wildman–Crippen LogP) is -0.232. The summed E-state index contributed by atoms with van der Waals surface area (Å²) in [6.07, 6.45) is 2.42. The van der Waals surface area contributed by atoms with Gasteiger partial charge in [-0.1, -0.05) is 6.08 Å². The van der Waals surface area contributed by atoms with Crippen LogP contribution in [-0.4, -0.2) is 28.5 Å². The number of rotatable bonds is 2. The van der Waals surface area contributed by atoms with Crippen molar-refractivity contribution in [2.75, 3.05) is 0 Å². The maximum atomic E-state index is 10.3. The minimum absolute atomic E-state index is 0.0914. The van der Waals surface area contributed by atoms with Crippen LogP contribution in [0.4, 0.5) is 0 Å². The average Bonchev–Trinajstić information content (AvgIpc) is 2.05. The van der Waals surface area contributed by atoms with Crippen LogP contribution in [0.15, 0.2) is 12.2 Å². The van der Waals surface area contributed by atoms with E-state index in [2.05, 4.69) is 0 Å². The molecule has 0 saturated heterocycles. The lowest BCUT2D eigenvalue weighted by Gasteiger charge is -2.19. The first-order chi connectivity index (χ1) is 5.65. The molecule has 1 N–H and O–H groups in total. The first kappa shape index (κ1) is 8.86. The monoisotopic (exact) mass is 171 g/mol. The maximum absolute atomic E-state index is 10.3. The molecule has 0 amide bonds. The molecule has 1 aliphatic rings. The highest BCUT2D eigenvalue weighted by atomic mass is 16.6. The van der Waals surface area contributed by atoms with E-state index < -0.39 is 23.0 Å². The Bertz CT molecular complexity index is 225. The lowest BCUT2D eigenvalue weighted by molar-refractivity contribution is -0.512. The molecule has 0 aromatic carbocycles. The van der Waals surface area contributed by atoms with E-state index in [1.807, 2.05) is 0 Å². The van der Waals surface area contributed by atoms with Crippen molar-refractivity contribution in [3.63, 3.8) is 0 Å². The number of carbonyl (C=O) groups is 1. The molecular formula is C7H9NO4. The van der Waals surface area contributed by atoms with Gasteiger partial charge in [-0.2, -0.15) is 0 Å². The van der Waals surface area contributed by atoms with Gasteiger partial charge < -0.3 is 9.90 Å². The van der Waals surface area contributed by atoms with Crippen molar-refractivity contribution < 1.29 is 14.8 Å². The topological polar surface area (TPSA) is 80.4 Å². The molecule has 0 fully saturated rings. The van der Waals surface area contributed by atoms with Gasteiger partial charge in [-0.15, -0.1) is 0 Å². The zero-order chi connectivity index (χ0) is 9.14. The van der Waals surface area contributed by atoms with E-state index in [4.69, 9.17) is 5.11 Å². The largest absolute Gasteiger partial charge is 0.388 e. The van der Waals surface area contributed by atoms with Crippen LogP contribution < -0.4 is 0 Å². The summed E-state index contributed by atoms with van der Waals surface area (Å²) in [6, 6.07) is -0.830. The molecule has 12 heavy (non-hydrogen) atoms. The molecule has 0 aliphatic heterocycles. The minimum atomic E-state index is -0.862. The van der Waals surface area contributed by atoms with Crippen molar-refractivity contribution in [1.29, 1.82) is 0 Å². The van der Waals surface area contributed by atoms with E-state index in [1.54, 1.807) is 0 Å².